The minimum Gasteiger partial charge on any atom is -0.393 e. The molecule has 118 valence electrons. The molecule has 0 bridgehead atoms. The molecule has 2 nitrogen and oxygen atoms in total. The Hall–Kier alpha value is -0.0800. The second-order valence-electron chi connectivity index (χ2n) is 8.12. The van der Waals surface area contributed by atoms with Gasteiger partial charge >= 0.3 is 0 Å². The number of fused-ring (bicyclic) bond motifs is 1. The van der Waals surface area contributed by atoms with Crippen molar-refractivity contribution < 1.29 is 10.2 Å². The molecular weight excluding hydrogens is 248 g/mol. The molecule has 6 atom stereocenters. The van der Waals surface area contributed by atoms with Gasteiger partial charge < -0.3 is 10.2 Å². The van der Waals surface area contributed by atoms with E-state index in [-0.39, 0.29) is 12.2 Å². The molecule has 0 heterocycles. The second-order valence-corrected chi connectivity index (χ2v) is 8.12. The van der Waals surface area contributed by atoms with Crippen LogP contribution in [0.1, 0.15) is 72.6 Å². The number of aliphatic hydroxyl groups is 2. The van der Waals surface area contributed by atoms with Gasteiger partial charge in [-0.05, 0) is 67.6 Å². The Bertz CT molecular complexity index is 315. The molecule has 0 aliphatic heterocycles. The lowest BCUT2D eigenvalue weighted by Crippen LogP contribution is -2.41. The van der Waals surface area contributed by atoms with Crippen molar-refractivity contribution in [2.75, 3.05) is 0 Å². The van der Waals surface area contributed by atoms with Crippen LogP contribution in [0.3, 0.4) is 0 Å². The fraction of sp³-hybridized carbons (Fsp3) is 1.00. The van der Waals surface area contributed by atoms with Crippen molar-refractivity contribution in [3.63, 3.8) is 0 Å². The van der Waals surface area contributed by atoms with Gasteiger partial charge in [0.15, 0.2) is 0 Å². The first-order valence-corrected chi connectivity index (χ1v) is 8.72. The molecule has 2 fully saturated rings. The summed E-state index contributed by atoms with van der Waals surface area (Å²) in [4.78, 5) is 0. The van der Waals surface area contributed by atoms with Gasteiger partial charge in [0.05, 0.1) is 12.2 Å². The summed E-state index contributed by atoms with van der Waals surface area (Å²) in [5, 5.41) is 20.3. The van der Waals surface area contributed by atoms with Crippen LogP contribution < -0.4 is 0 Å². The first-order valence-electron chi connectivity index (χ1n) is 8.72. The highest BCUT2D eigenvalue weighted by molar-refractivity contribution is 5.01. The summed E-state index contributed by atoms with van der Waals surface area (Å²) in [6, 6.07) is 0. The molecule has 2 aliphatic carbocycles. The molecule has 4 unspecified atom stereocenters. The Kier molecular flexibility index (Phi) is 5.18. The molecule has 2 aliphatic rings. The number of hydrogen-bond donors (Lipinski definition) is 2. The van der Waals surface area contributed by atoms with E-state index in [2.05, 4.69) is 27.7 Å². The topological polar surface area (TPSA) is 40.5 Å². The summed E-state index contributed by atoms with van der Waals surface area (Å²) in [7, 11) is 0. The van der Waals surface area contributed by atoms with Crippen LogP contribution in [-0.2, 0) is 0 Å². The molecule has 0 amide bonds. The molecule has 2 heteroatoms. The molecule has 0 spiro atoms. The van der Waals surface area contributed by atoms with E-state index in [1.165, 1.54) is 25.7 Å². The number of rotatable bonds is 5. The Morgan fingerprint density at radius 1 is 1.10 bits per heavy atom. The number of aliphatic hydroxyl groups excluding tert-OH is 2. The van der Waals surface area contributed by atoms with Gasteiger partial charge in [-0.25, -0.2) is 0 Å². The Morgan fingerprint density at radius 3 is 2.45 bits per heavy atom. The van der Waals surface area contributed by atoms with Crippen LogP contribution >= 0.6 is 0 Å². The highest BCUT2D eigenvalue weighted by atomic mass is 16.3. The van der Waals surface area contributed by atoms with Gasteiger partial charge in [0, 0.05) is 0 Å². The maximum Gasteiger partial charge on any atom is 0.0573 e. The molecule has 0 saturated heterocycles. The zero-order valence-corrected chi connectivity index (χ0v) is 13.8. The average molecular weight is 282 g/mol. The fourth-order valence-electron chi connectivity index (χ4n) is 5.09. The second kappa shape index (κ2) is 6.36. The van der Waals surface area contributed by atoms with Crippen LogP contribution in [0.2, 0.25) is 0 Å². The van der Waals surface area contributed by atoms with Gasteiger partial charge in [-0.1, -0.05) is 34.1 Å². The van der Waals surface area contributed by atoms with Gasteiger partial charge in [-0.15, -0.1) is 0 Å². The first-order chi connectivity index (χ1) is 9.36. The van der Waals surface area contributed by atoms with Gasteiger partial charge in [-0.2, -0.15) is 0 Å². The van der Waals surface area contributed by atoms with E-state index < -0.39 is 0 Å². The molecule has 2 rings (SSSR count). The quantitative estimate of drug-likeness (QED) is 0.800. The van der Waals surface area contributed by atoms with Crippen molar-refractivity contribution in [2.45, 2.75) is 84.8 Å². The highest BCUT2D eigenvalue weighted by Gasteiger charge is 2.51. The summed E-state index contributed by atoms with van der Waals surface area (Å²) in [5.74, 6) is 2.30. The van der Waals surface area contributed by atoms with Crippen LogP contribution in [0.15, 0.2) is 0 Å². The van der Waals surface area contributed by atoms with Gasteiger partial charge in [-0.3, -0.25) is 0 Å². The molecule has 0 radical (unpaired) electrons. The smallest absolute Gasteiger partial charge is 0.0573 e. The van der Waals surface area contributed by atoms with Gasteiger partial charge in [0.1, 0.15) is 0 Å². The fourth-order valence-corrected chi connectivity index (χ4v) is 5.09. The van der Waals surface area contributed by atoms with E-state index in [1.807, 2.05) is 0 Å². The van der Waals surface area contributed by atoms with Crippen molar-refractivity contribution in [1.29, 1.82) is 0 Å². The summed E-state index contributed by atoms with van der Waals surface area (Å²) >= 11 is 0. The summed E-state index contributed by atoms with van der Waals surface area (Å²) in [6.45, 7) is 8.99. The van der Waals surface area contributed by atoms with E-state index in [4.69, 9.17) is 0 Å². The molecule has 0 aromatic carbocycles. The van der Waals surface area contributed by atoms with Gasteiger partial charge in [0.2, 0.25) is 0 Å². The largest absolute Gasteiger partial charge is 0.393 e. The molecule has 2 N–H and O–H groups in total. The summed E-state index contributed by atoms with van der Waals surface area (Å²) in [5.41, 5.74) is 0.347. The molecular formula is C18H34O2. The molecule has 2 saturated carbocycles. The van der Waals surface area contributed by atoms with Crippen molar-refractivity contribution in [3.8, 4) is 0 Å². The molecule has 0 aromatic rings. The predicted octanol–water partition coefficient (Wildman–Crippen LogP) is 4.00. The SMILES string of the molecule is CC(C)C(O)CCC(C)[C@H]1CCC2C(O)CCC[C@@]21C. The Morgan fingerprint density at radius 2 is 1.80 bits per heavy atom. The lowest BCUT2D eigenvalue weighted by Gasteiger charge is -2.45. The first kappa shape index (κ1) is 16.3. The lowest BCUT2D eigenvalue weighted by molar-refractivity contribution is -0.0291. The third-order valence-corrected chi connectivity index (χ3v) is 6.54. The third kappa shape index (κ3) is 3.06. The summed E-state index contributed by atoms with van der Waals surface area (Å²) in [6.07, 6.45) is 7.81. The minimum atomic E-state index is -0.153. The van der Waals surface area contributed by atoms with Crippen LogP contribution in [0, 0.1) is 29.1 Å². The van der Waals surface area contributed by atoms with Gasteiger partial charge in [0.25, 0.3) is 0 Å². The van der Waals surface area contributed by atoms with Crippen molar-refractivity contribution in [1.82, 2.24) is 0 Å². The third-order valence-electron chi connectivity index (χ3n) is 6.54. The van der Waals surface area contributed by atoms with Crippen LogP contribution in [0.25, 0.3) is 0 Å². The van der Waals surface area contributed by atoms with Crippen LogP contribution in [0.5, 0.6) is 0 Å². The van der Waals surface area contributed by atoms with Crippen LogP contribution in [-0.4, -0.2) is 22.4 Å². The zero-order valence-electron chi connectivity index (χ0n) is 13.8. The monoisotopic (exact) mass is 282 g/mol. The number of hydrogen-bond acceptors (Lipinski definition) is 2. The van der Waals surface area contributed by atoms with E-state index in [1.54, 1.807) is 0 Å². The average Bonchev–Trinajstić information content (AvgIpc) is 2.74. The van der Waals surface area contributed by atoms with E-state index in [9.17, 15) is 10.2 Å². The Labute approximate surface area is 125 Å². The maximum absolute atomic E-state index is 10.3. The normalized spacial score (nSPS) is 40.6. The lowest BCUT2D eigenvalue weighted by atomic mass is 9.61. The highest BCUT2D eigenvalue weighted by Crippen LogP contribution is 2.58. The molecule has 0 aromatic heterocycles. The van der Waals surface area contributed by atoms with Crippen molar-refractivity contribution in [2.24, 2.45) is 29.1 Å². The zero-order chi connectivity index (χ0) is 14.9. The van der Waals surface area contributed by atoms with Crippen molar-refractivity contribution >= 4 is 0 Å². The minimum absolute atomic E-state index is 0.0628. The molecule has 20 heavy (non-hydrogen) atoms. The standard InChI is InChI=1S/C18H34O2/c1-12(2)16(19)10-7-13(3)14-8-9-15-17(20)6-5-11-18(14,15)4/h12-17,19-20H,5-11H2,1-4H3/t13?,14-,15?,16?,17?,18-/m1/s1. The maximum atomic E-state index is 10.3. The van der Waals surface area contributed by atoms with E-state index in [0.29, 0.717) is 23.2 Å². The van der Waals surface area contributed by atoms with Crippen LogP contribution in [0.4, 0.5) is 0 Å². The predicted molar refractivity (Wildman–Crippen MR) is 83.4 cm³/mol. The Balaban J connectivity index is 1.95. The summed E-state index contributed by atoms with van der Waals surface area (Å²) < 4.78 is 0. The van der Waals surface area contributed by atoms with Crippen molar-refractivity contribution in [3.05, 3.63) is 0 Å². The van der Waals surface area contributed by atoms with E-state index >= 15 is 0 Å². The van der Waals surface area contributed by atoms with E-state index in [0.717, 1.165) is 25.2 Å².